The molecule has 0 aliphatic heterocycles. The molecule has 1 atom stereocenters. The largest absolute Gasteiger partial charge is 0.345 e. The van der Waals surface area contributed by atoms with Crippen molar-refractivity contribution >= 4 is 13.4 Å². The zero-order valence-corrected chi connectivity index (χ0v) is 19.0. The molecule has 0 amide bonds. The lowest BCUT2D eigenvalue weighted by atomic mass is 9.85. The second-order valence-corrected chi connectivity index (χ2v) is 11.0. The molecule has 1 aliphatic rings. The van der Waals surface area contributed by atoms with Crippen molar-refractivity contribution in [1.82, 2.24) is 4.57 Å². The highest BCUT2D eigenvalue weighted by atomic mass is 31.2. The Kier molecular flexibility index (Phi) is 9.15. The van der Waals surface area contributed by atoms with Gasteiger partial charge in [-0.05, 0) is 50.7 Å². The Bertz CT molecular complexity index is 702. The van der Waals surface area contributed by atoms with E-state index in [-0.39, 0.29) is 18.4 Å². The monoisotopic (exact) mass is 426 g/mol. The first-order valence-electron chi connectivity index (χ1n) is 11.1. The van der Waals surface area contributed by atoms with Gasteiger partial charge in [0.2, 0.25) is 0 Å². The molecule has 1 aliphatic carbocycles. The topological polar surface area (TPSA) is 106 Å². The van der Waals surface area contributed by atoms with Crippen LogP contribution < -0.4 is 5.73 Å². The summed E-state index contributed by atoms with van der Waals surface area (Å²) in [5.74, 6) is 1.07. The van der Waals surface area contributed by atoms with E-state index in [0.29, 0.717) is 19.3 Å². The van der Waals surface area contributed by atoms with Gasteiger partial charge in [-0.15, -0.1) is 0 Å². The number of nitrogens with zero attached hydrogens (tertiary/aromatic N) is 1. The van der Waals surface area contributed by atoms with Gasteiger partial charge in [0.25, 0.3) is 0 Å². The van der Waals surface area contributed by atoms with Crippen molar-refractivity contribution in [3.8, 4) is 0 Å². The first-order valence-corrected chi connectivity index (χ1v) is 12.9. The van der Waals surface area contributed by atoms with Crippen molar-refractivity contribution < 1.29 is 19.1 Å². The third-order valence-electron chi connectivity index (χ3n) is 6.43. The number of carbonyl (C=O) groups is 1. The Morgan fingerprint density at radius 2 is 1.90 bits per heavy atom. The number of unbranched alkanes of at least 4 members (excludes halogenated alkanes) is 1. The quantitative estimate of drug-likeness (QED) is 0.258. The number of Topliss-reactive ketones (excluding diaryl/α,β-unsaturated/α-hetero) is 1. The summed E-state index contributed by atoms with van der Waals surface area (Å²) in [4.78, 5) is 30.7. The number of nitrogens with two attached hydrogens (primary N) is 1. The maximum absolute atomic E-state index is 12.6. The molecule has 1 unspecified atom stereocenters. The fraction of sp³-hybridized carbons (Fsp3) is 0.773. The van der Waals surface area contributed by atoms with Gasteiger partial charge in [0.05, 0.1) is 11.9 Å². The number of ketones is 1. The lowest BCUT2D eigenvalue weighted by Crippen LogP contribution is -2.37. The van der Waals surface area contributed by atoms with E-state index in [0.717, 1.165) is 30.1 Å². The van der Waals surface area contributed by atoms with Crippen LogP contribution in [-0.4, -0.2) is 31.8 Å². The number of rotatable bonds is 12. The van der Waals surface area contributed by atoms with Crippen LogP contribution in [0.4, 0.5) is 0 Å². The average Bonchev–Trinajstić information content (AvgIpc) is 3.03. The van der Waals surface area contributed by atoms with Gasteiger partial charge in [-0.2, -0.15) is 0 Å². The molecule has 1 fully saturated rings. The Morgan fingerprint density at radius 3 is 2.55 bits per heavy atom. The second-order valence-electron chi connectivity index (χ2n) is 9.23. The van der Waals surface area contributed by atoms with Crippen LogP contribution >= 0.6 is 7.60 Å². The fourth-order valence-electron chi connectivity index (χ4n) is 4.35. The van der Waals surface area contributed by atoms with Crippen LogP contribution in [0, 0.1) is 5.92 Å². The minimum atomic E-state index is -4.03. The van der Waals surface area contributed by atoms with Crippen LogP contribution in [0.15, 0.2) is 12.1 Å². The number of aryl methyl sites for hydroxylation is 1. The molecule has 1 saturated carbocycles. The number of hydrogen-bond donors (Lipinski definition) is 3. The molecule has 4 N–H and O–H groups in total. The van der Waals surface area contributed by atoms with Gasteiger partial charge in [0.15, 0.2) is 5.78 Å². The van der Waals surface area contributed by atoms with E-state index in [1.165, 1.54) is 38.5 Å². The molecule has 166 valence electrons. The van der Waals surface area contributed by atoms with Crippen molar-refractivity contribution in [3.63, 3.8) is 0 Å². The van der Waals surface area contributed by atoms with Crippen molar-refractivity contribution in [3.05, 3.63) is 23.5 Å². The zero-order valence-electron chi connectivity index (χ0n) is 18.1. The highest BCUT2D eigenvalue weighted by Crippen LogP contribution is 2.37. The fourth-order valence-corrected chi connectivity index (χ4v) is 5.15. The van der Waals surface area contributed by atoms with Crippen LogP contribution in [0.1, 0.15) is 93.7 Å². The summed E-state index contributed by atoms with van der Waals surface area (Å²) < 4.78 is 13.0. The number of aromatic nitrogens is 1. The van der Waals surface area contributed by atoms with E-state index < -0.39 is 13.1 Å². The molecule has 7 heteroatoms. The van der Waals surface area contributed by atoms with Gasteiger partial charge in [-0.3, -0.25) is 9.36 Å². The number of hydrogen-bond acceptors (Lipinski definition) is 3. The summed E-state index contributed by atoms with van der Waals surface area (Å²) in [7, 11) is -2.12. The lowest BCUT2D eigenvalue weighted by Gasteiger charge is -2.25. The third-order valence-corrected chi connectivity index (χ3v) is 7.24. The van der Waals surface area contributed by atoms with Crippen molar-refractivity contribution in [2.75, 3.05) is 6.16 Å². The molecule has 2 rings (SSSR count). The molecule has 6 nitrogen and oxygen atoms in total. The molecular weight excluding hydrogens is 387 g/mol. The third kappa shape index (κ3) is 8.75. The molecule has 1 aromatic rings. The van der Waals surface area contributed by atoms with Crippen LogP contribution in [0.25, 0.3) is 0 Å². The summed E-state index contributed by atoms with van der Waals surface area (Å²) in [6.07, 6.45) is 12.2. The molecule has 1 heterocycles. The maximum atomic E-state index is 12.6. The Balaban J connectivity index is 1.77. The first-order chi connectivity index (χ1) is 13.6. The first kappa shape index (κ1) is 24.3. The summed E-state index contributed by atoms with van der Waals surface area (Å²) in [5, 5.41) is 0. The zero-order chi connectivity index (χ0) is 21.5. The highest BCUT2D eigenvalue weighted by Gasteiger charge is 2.24. The van der Waals surface area contributed by atoms with Crippen molar-refractivity contribution in [2.24, 2.45) is 18.7 Å². The van der Waals surface area contributed by atoms with E-state index in [1.54, 1.807) is 0 Å². The normalized spacial score (nSPS) is 18.0. The highest BCUT2D eigenvalue weighted by molar-refractivity contribution is 7.51. The average molecular weight is 427 g/mol. The number of carbonyl (C=O) groups excluding carboxylic acids is 1. The Morgan fingerprint density at radius 1 is 1.21 bits per heavy atom. The summed E-state index contributed by atoms with van der Waals surface area (Å²) in [5.41, 5.74) is 7.34. The molecule has 0 spiro atoms. The molecular formula is C22H39N2O4P. The second kappa shape index (κ2) is 10.9. The van der Waals surface area contributed by atoms with E-state index >= 15 is 0 Å². The predicted octanol–water partition coefficient (Wildman–Crippen LogP) is 4.57. The Labute approximate surface area is 175 Å². The summed E-state index contributed by atoms with van der Waals surface area (Å²) in [6.45, 7) is 1.82. The molecule has 0 aromatic carbocycles. The van der Waals surface area contributed by atoms with Gasteiger partial charge >= 0.3 is 7.60 Å². The smallest absolute Gasteiger partial charge is 0.325 e. The summed E-state index contributed by atoms with van der Waals surface area (Å²) in [6, 6.07) is 3.86. The molecule has 0 radical (unpaired) electrons. The summed E-state index contributed by atoms with van der Waals surface area (Å²) >= 11 is 0. The van der Waals surface area contributed by atoms with Crippen LogP contribution in [0.3, 0.4) is 0 Å². The van der Waals surface area contributed by atoms with Crippen molar-refractivity contribution in [2.45, 2.75) is 89.5 Å². The van der Waals surface area contributed by atoms with E-state index in [1.807, 2.05) is 30.7 Å². The van der Waals surface area contributed by atoms with Gasteiger partial charge in [-0.25, -0.2) is 0 Å². The van der Waals surface area contributed by atoms with Crippen molar-refractivity contribution in [1.29, 1.82) is 0 Å². The Hall–Kier alpha value is -0.940. The van der Waals surface area contributed by atoms with Gasteiger partial charge in [0, 0.05) is 24.7 Å². The van der Waals surface area contributed by atoms with Crippen LogP contribution in [0.2, 0.25) is 0 Å². The molecule has 29 heavy (non-hydrogen) atoms. The van der Waals surface area contributed by atoms with Crippen LogP contribution in [-0.2, 0) is 18.0 Å². The van der Waals surface area contributed by atoms with Gasteiger partial charge in [0.1, 0.15) is 0 Å². The molecule has 0 bridgehead atoms. The maximum Gasteiger partial charge on any atom is 0.325 e. The molecule has 1 aromatic heterocycles. The standard InChI is InChI=1S/C22H39N2O4P/c1-22(23,16-17-29(26,27)28)15-14-19-12-13-20(24(19)2)21(25)11-7-6-10-18-8-4-3-5-9-18/h12-13,18H,3-11,14-17,23H2,1-2H3,(H2,26,27,28). The van der Waals surface area contributed by atoms with E-state index in [4.69, 9.17) is 15.5 Å². The van der Waals surface area contributed by atoms with E-state index in [2.05, 4.69) is 0 Å². The minimum Gasteiger partial charge on any atom is -0.345 e. The minimum absolute atomic E-state index is 0.194. The SMILES string of the molecule is Cn1c(CCC(C)(N)CCP(=O)(O)O)ccc1C(=O)CCCCC1CCCCC1. The molecule has 0 saturated heterocycles. The van der Waals surface area contributed by atoms with Gasteiger partial charge in [-0.1, -0.05) is 44.9 Å². The van der Waals surface area contributed by atoms with E-state index in [9.17, 15) is 9.36 Å². The lowest BCUT2D eigenvalue weighted by molar-refractivity contribution is 0.0970. The van der Waals surface area contributed by atoms with Crippen LogP contribution in [0.5, 0.6) is 0 Å². The van der Waals surface area contributed by atoms with Gasteiger partial charge < -0.3 is 20.1 Å². The predicted molar refractivity (Wildman–Crippen MR) is 117 cm³/mol.